The van der Waals surface area contributed by atoms with Gasteiger partial charge in [0.1, 0.15) is 28.2 Å². The van der Waals surface area contributed by atoms with E-state index in [-0.39, 0.29) is 5.56 Å². The fraction of sp³-hybridized carbons (Fsp3) is 0.222. The van der Waals surface area contributed by atoms with E-state index in [1.54, 1.807) is 14.2 Å². The van der Waals surface area contributed by atoms with E-state index in [1.165, 1.54) is 0 Å². The van der Waals surface area contributed by atoms with Gasteiger partial charge in [-0.05, 0) is 55.7 Å². The molecule has 0 spiro atoms. The van der Waals surface area contributed by atoms with E-state index < -0.39 is 0 Å². The van der Waals surface area contributed by atoms with E-state index >= 15 is 0 Å². The minimum atomic E-state index is -0.255. The van der Waals surface area contributed by atoms with E-state index in [2.05, 4.69) is 17.1 Å². The molecule has 0 atom stereocenters. The summed E-state index contributed by atoms with van der Waals surface area (Å²) in [6.45, 7) is 6.48. The van der Waals surface area contributed by atoms with E-state index in [0.29, 0.717) is 29.0 Å². The second-order valence-corrected chi connectivity index (χ2v) is 8.49. The predicted molar refractivity (Wildman–Crippen MR) is 134 cm³/mol. The van der Waals surface area contributed by atoms with Crippen LogP contribution in [0.5, 0.6) is 11.5 Å². The van der Waals surface area contributed by atoms with Gasteiger partial charge in [0.05, 0.1) is 32.0 Å². The first-order valence-electron chi connectivity index (χ1n) is 11.1. The summed E-state index contributed by atoms with van der Waals surface area (Å²) in [6.07, 6.45) is 0. The van der Waals surface area contributed by atoms with Crippen LogP contribution >= 0.6 is 0 Å². The van der Waals surface area contributed by atoms with Crippen molar-refractivity contribution in [3.05, 3.63) is 81.3 Å². The third-order valence-corrected chi connectivity index (χ3v) is 6.17. The van der Waals surface area contributed by atoms with Gasteiger partial charge >= 0.3 is 0 Å². The highest BCUT2D eigenvalue weighted by molar-refractivity contribution is 6.07. The van der Waals surface area contributed by atoms with Crippen molar-refractivity contribution in [1.82, 2.24) is 19.7 Å². The number of fused-ring (bicyclic) bond motifs is 3. The Hall–Kier alpha value is -4.13. The molecular formula is C27H26N4O3. The molecule has 7 heteroatoms. The van der Waals surface area contributed by atoms with Gasteiger partial charge in [0.2, 0.25) is 0 Å². The summed E-state index contributed by atoms with van der Waals surface area (Å²) in [4.78, 5) is 21.3. The van der Waals surface area contributed by atoms with Crippen LogP contribution in [0.4, 0.5) is 0 Å². The normalized spacial score (nSPS) is 11.3. The number of H-pyrrole nitrogens is 1. The van der Waals surface area contributed by atoms with Gasteiger partial charge in [-0.25, -0.2) is 4.98 Å². The van der Waals surface area contributed by atoms with Crippen molar-refractivity contribution >= 4 is 21.8 Å². The Kier molecular flexibility index (Phi) is 5.32. The minimum absolute atomic E-state index is 0.255. The summed E-state index contributed by atoms with van der Waals surface area (Å²) >= 11 is 0. The maximum atomic E-state index is 13.3. The zero-order chi connectivity index (χ0) is 24.0. The summed E-state index contributed by atoms with van der Waals surface area (Å²) in [5, 5.41) is 6.11. The highest BCUT2D eigenvalue weighted by Crippen LogP contribution is 2.34. The molecule has 5 aromatic rings. The monoisotopic (exact) mass is 454 g/mol. The van der Waals surface area contributed by atoms with E-state index in [1.807, 2.05) is 61.9 Å². The Bertz CT molecular complexity index is 1580. The minimum Gasteiger partial charge on any atom is -0.496 e. The summed E-state index contributed by atoms with van der Waals surface area (Å²) in [6, 6.07) is 15.9. The van der Waals surface area contributed by atoms with Crippen LogP contribution in [0, 0.1) is 20.8 Å². The number of hydrogen-bond donors (Lipinski definition) is 1. The van der Waals surface area contributed by atoms with Crippen molar-refractivity contribution in [2.45, 2.75) is 27.3 Å². The smallest absolute Gasteiger partial charge is 0.262 e. The van der Waals surface area contributed by atoms with Crippen molar-refractivity contribution in [2.75, 3.05) is 14.2 Å². The number of hydrogen-bond acceptors (Lipinski definition) is 5. The van der Waals surface area contributed by atoms with E-state index in [9.17, 15) is 4.79 Å². The van der Waals surface area contributed by atoms with Crippen molar-refractivity contribution in [3.8, 4) is 22.9 Å². The zero-order valence-corrected chi connectivity index (χ0v) is 19.9. The molecule has 0 aliphatic rings. The van der Waals surface area contributed by atoms with Gasteiger partial charge in [-0.3, -0.25) is 9.48 Å². The number of benzene rings is 3. The van der Waals surface area contributed by atoms with Crippen LogP contribution in [-0.4, -0.2) is 34.0 Å². The number of aryl methyl sites for hydroxylation is 3. The Morgan fingerprint density at radius 3 is 2.32 bits per heavy atom. The largest absolute Gasteiger partial charge is 0.496 e. The standard InChI is InChI=1S/C27H26N4O3/c1-15-11-19(12-16(2)25(15)34-5)26-28-23-22(27(32)29-26)21(33-4)13-20-17(3)30-31(24(20)23)14-18-9-7-6-8-10-18/h6-13H,14H2,1-5H3,(H,28,29,32). The van der Waals surface area contributed by atoms with Gasteiger partial charge in [-0.2, -0.15) is 5.10 Å². The lowest BCUT2D eigenvalue weighted by atomic mass is 10.0. The molecule has 0 fully saturated rings. The van der Waals surface area contributed by atoms with E-state index in [0.717, 1.165) is 44.6 Å². The molecular weight excluding hydrogens is 428 g/mol. The van der Waals surface area contributed by atoms with Crippen LogP contribution in [0.1, 0.15) is 22.4 Å². The maximum absolute atomic E-state index is 13.3. The molecule has 7 nitrogen and oxygen atoms in total. The fourth-order valence-corrected chi connectivity index (χ4v) is 4.67. The molecule has 34 heavy (non-hydrogen) atoms. The van der Waals surface area contributed by atoms with Gasteiger partial charge in [0.15, 0.2) is 0 Å². The Labute approximate surface area is 197 Å². The maximum Gasteiger partial charge on any atom is 0.262 e. The molecule has 172 valence electrons. The lowest BCUT2D eigenvalue weighted by Crippen LogP contribution is -2.12. The van der Waals surface area contributed by atoms with Crippen LogP contribution in [0.2, 0.25) is 0 Å². The summed E-state index contributed by atoms with van der Waals surface area (Å²) in [5.41, 5.74) is 5.85. The van der Waals surface area contributed by atoms with Crippen molar-refractivity contribution in [2.24, 2.45) is 0 Å². The Morgan fingerprint density at radius 2 is 1.68 bits per heavy atom. The van der Waals surface area contributed by atoms with E-state index in [4.69, 9.17) is 19.6 Å². The second kappa shape index (κ2) is 8.33. The first kappa shape index (κ1) is 21.7. The van der Waals surface area contributed by atoms with Crippen molar-refractivity contribution in [3.63, 3.8) is 0 Å². The second-order valence-electron chi connectivity index (χ2n) is 8.49. The van der Waals surface area contributed by atoms with Gasteiger partial charge in [0.25, 0.3) is 5.56 Å². The average Bonchev–Trinajstić information content (AvgIpc) is 3.13. The number of nitrogens with zero attached hydrogens (tertiary/aromatic N) is 3. The van der Waals surface area contributed by atoms with Crippen molar-refractivity contribution in [1.29, 1.82) is 0 Å². The summed E-state index contributed by atoms with van der Waals surface area (Å²) < 4.78 is 13.0. The van der Waals surface area contributed by atoms with Gasteiger partial charge in [0, 0.05) is 10.9 Å². The molecule has 0 saturated carbocycles. The number of aromatic nitrogens is 4. The number of aromatic amines is 1. The first-order valence-corrected chi connectivity index (χ1v) is 11.1. The molecule has 0 aliphatic carbocycles. The van der Waals surface area contributed by atoms with Gasteiger partial charge in [-0.1, -0.05) is 30.3 Å². The molecule has 0 bridgehead atoms. The van der Waals surface area contributed by atoms with Gasteiger partial charge in [-0.15, -0.1) is 0 Å². The Morgan fingerprint density at radius 1 is 0.971 bits per heavy atom. The third-order valence-electron chi connectivity index (χ3n) is 6.17. The highest BCUT2D eigenvalue weighted by atomic mass is 16.5. The molecule has 0 amide bonds. The first-order chi connectivity index (χ1) is 16.4. The molecule has 3 aromatic carbocycles. The molecule has 0 unspecified atom stereocenters. The molecule has 1 N–H and O–H groups in total. The van der Waals surface area contributed by atoms with Crippen LogP contribution in [0.3, 0.4) is 0 Å². The van der Waals surface area contributed by atoms with Crippen LogP contribution in [0.15, 0.2) is 53.3 Å². The number of methoxy groups -OCH3 is 2. The van der Waals surface area contributed by atoms with Crippen molar-refractivity contribution < 1.29 is 9.47 Å². The SMILES string of the molecule is COc1c(C)cc(-c2nc3c(c(OC)cc4c(C)nn(Cc5ccccc5)c43)c(=O)[nH]2)cc1C. The average molecular weight is 455 g/mol. The molecule has 5 rings (SSSR count). The van der Waals surface area contributed by atoms with Crippen LogP contribution < -0.4 is 15.0 Å². The summed E-state index contributed by atoms with van der Waals surface area (Å²) in [5.74, 6) is 1.80. The predicted octanol–water partition coefficient (Wildman–Crippen LogP) is 4.93. The number of ether oxygens (including phenoxy) is 2. The summed E-state index contributed by atoms with van der Waals surface area (Å²) in [7, 11) is 3.22. The molecule has 0 saturated heterocycles. The number of nitrogens with one attached hydrogen (secondary N) is 1. The topological polar surface area (TPSA) is 82.0 Å². The molecule has 0 aliphatic heterocycles. The molecule has 0 radical (unpaired) electrons. The van der Waals surface area contributed by atoms with Crippen LogP contribution in [-0.2, 0) is 6.54 Å². The lowest BCUT2D eigenvalue weighted by Gasteiger charge is -2.13. The lowest BCUT2D eigenvalue weighted by molar-refractivity contribution is 0.408. The van der Waals surface area contributed by atoms with Gasteiger partial charge < -0.3 is 14.5 Å². The number of rotatable bonds is 5. The zero-order valence-electron chi connectivity index (χ0n) is 19.9. The highest BCUT2D eigenvalue weighted by Gasteiger charge is 2.20. The molecule has 2 aromatic heterocycles. The Balaban J connectivity index is 1.82. The quantitative estimate of drug-likeness (QED) is 0.407. The fourth-order valence-electron chi connectivity index (χ4n) is 4.67. The van der Waals surface area contributed by atoms with Crippen LogP contribution in [0.25, 0.3) is 33.2 Å². The third kappa shape index (κ3) is 3.50. The molecule has 2 heterocycles.